The predicted molar refractivity (Wildman–Crippen MR) is 93.4 cm³/mol. The Balaban J connectivity index is 2.12. The van der Waals surface area contributed by atoms with Crippen LogP contribution >= 0.6 is 0 Å². The molecule has 0 radical (unpaired) electrons. The zero-order chi connectivity index (χ0) is 19.5. The lowest BCUT2D eigenvalue weighted by atomic mass is 9.91. The van der Waals surface area contributed by atoms with Crippen molar-refractivity contribution in [1.82, 2.24) is 16.0 Å². The molecule has 2 atom stereocenters. The first kappa shape index (κ1) is 19.4. The van der Waals surface area contributed by atoms with E-state index in [0.717, 1.165) is 0 Å². The maximum Gasteiger partial charge on any atom is 0.322 e. The standard InChI is InChI=1S/C18H23N3O5/c1-10(2)7-12(15(23)24)9-19-14(22)11-5-4-6-13(8-11)18(3)16(25)20-17(26)21-18/h4-6,8,10,12H,7,9H2,1-3H3,(H,19,22)(H,23,24)(H2,20,21,25,26). The zero-order valence-corrected chi connectivity index (χ0v) is 15.0. The number of nitrogens with one attached hydrogen (secondary N) is 3. The zero-order valence-electron chi connectivity index (χ0n) is 15.0. The molecule has 26 heavy (non-hydrogen) atoms. The Kier molecular flexibility index (Phi) is 5.64. The van der Waals surface area contributed by atoms with Crippen molar-refractivity contribution in [2.45, 2.75) is 32.7 Å². The van der Waals surface area contributed by atoms with Gasteiger partial charge in [-0.2, -0.15) is 0 Å². The van der Waals surface area contributed by atoms with Crippen LogP contribution in [0.1, 0.15) is 43.1 Å². The summed E-state index contributed by atoms with van der Waals surface area (Å²) in [7, 11) is 0. The van der Waals surface area contributed by atoms with Gasteiger partial charge in [-0.3, -0.25) is 19.7 Å². The highest BCUT2D eigenvalue weighted by Gasteiger charge is 2.43. The molecule has 0 spiro atoms. The van der Waals surface area contributed by atoms with E-state index in [1.54, 1.807) is 25.1 Å². The summed E-state index contributed by atoms with van der Waals surface area (Å²) in [5, 5.41) is 16.6. The fraction of sp³-hybridized carbons (Fsp3) is 0.444. The summed E-state index contributed by atoms with van der Waals surface area (Å²) in [6.07, 6.45) is 0.458. The number of rotatable bonds is 7. The maximum absolute atomic E-state index is 12.4. The highest BCUT2D eigenvalue weighted by atomic mass is 16.4. The van der Waals surface area contributed by atoms with Gasteiger partial charge in [0.2, 0.25) is 0 Å². The number of aliphatic carboxylic acids is 1. The van der Waals surface area contributed by atoms with Crippen molar-refractivity contribution in [2.24, 2.45) is 11.8 Å². The van der Waals surface area contributed by atoms with Crippen LogP contribution in [0.3, 0.4) is 0 Å². The molecule has 1 saturated heterocycles. The summed E-state index contributed by atoms with van der Waals surface area (Å²) in [6.45, 7) is 5.41. The van der Waals surface area contributed by atoms with Crippen LogP contribution in [0.2, 0.25) is 0 Å². The number of hydrogen-bond donors (Lipinski definition) is 4. The van der Waals surface area contributed by atoms with E-state index in [2.05, 4.69) is 16.0 Å². The van der Waals surface area contributed by atoms with Crippen molar-refractivity contribution in [2.75, 3.05) is 6.54 Å². The van der Waals surface area contributed by atoms with Gasteiger partial charge in [0.1, 0.15) is 5.54 Å². The lowest BCUT2D eigenvalue weighted by Crippen LogP contribution is -2.40. The van der Waals surface area contributed by atoms with Crippen LogP contribution in [-0.4, -0.2) is 35.5 Å². The Morgan fingerprint density at radius 1 is 1.27 bits per heavy atom. The normalized spacial score (nSPS) is 20.5. The molecule has 2 unspecified atom stereocenters. The summed E-state index contributed by atoms with van der Waals surface area (Å²) >= 11 is 0. The number of carboxylic acid groups (broad SMARTS) is 1. The smallest absolute Gasteiger partial charge is 0.322 e. The minimum atomic E-state index is -1.26. The van der Waals surface area contributed by atoms with Gasteiger partial charge < -0.3 is 15.7 Å². The second kappa shape index (κ2) is 7.55. The lowest BCUT2D eigenvalue weighted by molar-refractivity contribution is -0.142. The average molecular weight is 361 g/mol. The highest BCUT2D eigenvalue weighted by molar-refractivity contribution is 6.07. The molecule has 1 aromatic carbocycles. The lowest BCUT2D eigenvalue weighted by Gasteiger charge is -2.21. The second-order valence-electron chi connectivity index (χ2n) is 6.99. The van der Waals surface area contributed by atoms with Gasteiger partial charge in [-0.15, -0.1) is 0 Å². The molecule has 0 aliphatic carbocycles. The van der Waals surface area contributed by atoms with Crippen LogP contribution in [-0.2, 0) is 15.1 Å². The Bertz CT molecular complexity index is 746. The second-order valence-corrected chi connectivity index (χ2v) is 6.99. The first-order valence-corrected chi connectivity index (χ1v) is 8.38. The molecule has 0 bridgehead atoms. The van der Waals surface area contributed by atoms with Crippen molar-refractivity contribution in [1.29, 1.82) is 0 Å². The molecule has 1 fully saturated rings. The molecule has 0 saturated carbocycles. The largest absolute Gasteiger partial charge is 0.481 e. The molecular weight excluding hydrogens is 338 g/mol. The first-order valence-electron chi connectivity index (χ1n) is 8.38. The summed E-state index contributed by atoms with van der Waals surface area (Å²) in [4.78, 5) is 47.1. The fourth-order valence-corrected chi connectivity index (χ4v) is 2.88. The molecule has 4 N–H and O–H groups in total. The van der Waals surface area contributed by atoms with Crippen molar-refractivity contribution < 1.29 is 24.3 Å². The van der Waals surface area contributed by atoms with E-state index in [4.69, 9.17) is 0 Å². The molecular formula is C18H23N3O5. The van der Waals surface area contributed by atoms with E-state index < -0.39 is 35.3 Å². The van der Waals surface area contributed by atoms with Crippen LogP contribution in [0, 0.1) is 11.8 Å². The van der Waals surface area contributed by atoms with E-state index in [9.17, 15) is 24.3 Å². The maximum atomic E-state index is 12.4. The summed E-state index contributed by atoms with van der Waals surface area (Å²) in [5.41, 5.74) is -0.508. The number of amides is 4. The quantitative estimate of drug-likeness (QED) is 0.544. The van der Waals surface area contributed by atoms with Gasteiger partial charge >= 0.3 is 12.0 Å². The highest BCUT2D eigenvalue weighted by Crippen LogP contribution is 2.25. The first-order chi connectivity index (χ1) is 12.1. The van der Waals surface area contributed by atoms with Crippen molar-refractivity contribution in [3.05, 3.63) is 35.4 Å². The van der Waals surface area contributed by atoms with Crippen molar-refractivity contribution in [3.63, 3.8) is 0 Å². The van der Waals surface area contributed by atoms with E-state index >= 15 is 0 Å². The van der Waals surface area contributed by atoms with Gasteiger partial charge in [0.25, 0.3) is 11.8 Å². The third-order valence-electron chi connectivity index (χ3n) is 4.36. The number of carbonyl (C=O) groups excluding carboxylic acids is 3. The Hall–Kier alpha value is -2.90. The van der Waals surface area contributed by atoms with Crippen LogP contribution in [0.5, 0.6) is 0 Å². The van der Waals surface area contributed by atoms with Crippen LogP contribution < -0.4 is 16.0 Å². The third kappa shape index (κ3) is 4.19. The Labute approximate surface area is 151 Å². The number of hydrogen-bond acceptors (Lipinski definition) is 4. The van der Waals surface area contributed by atoms with E-state index in [1.807, 2.05) is 13.8 Å². The molecule has 0 aromatic heterocycles. The minimum Gasteiger partial charge on any atom is -0.481 e. The average Bonchev–Trinajstić information content (AvgIpc) is 2.84. The monoisotopic (exact) mass is 361 g/mol. The minimum absolute atomic E-state index is 0.0189. The van der Waals surface area contributed by atoms with Crippen LogP contribution in [0.25, 0.3) is 0 Å². The molecule has 1 aliphatic heterocycles. The van der Waals surface area contributed by atoms with Crippen molar-refractivity contribution in [3.8, 4) is 0 Å². The van der Waals surface area contributed by atoms with E-state index in [0.29, 0.717) is 12.0 Å². The van der Waals surface area contributed by atoms with Gasteiger partial charge in [0.15, 0.2) is 0 Å². The number of carboxylic acids is 1. The molecule has 1 heterocycles. The Morgan fingerprint density at radius 2 is 1.96 bits per heavy atom. The molecule has 8 heteroatoms. The number of imide groups is 1. The third-order valence-corrected chi connectivity index (χ3v) is 4.36. The topological polar surface area (TPSA) is 125 Å². The van der Waals surface area contributed by atoms with Crippen molar-refractivity contribution >= 4 is 23.8 Å². The molecule has 8 nitrogen and oxygen atoms in total. The van der Waals surface area contributed by atoms with E-state index in [1.165, 1.54) is 6.07 Å². The predicted octanol–water partition coefficient (Wildman–Crippen LogP) is 1.22. The number of urea groups is 1. The molecule has 2 rings (SSSR count). The fourth-order valence-electron chi connectivity index (χ4n) is 2.88. The SMILES string of the molecule is CC(C)CC(CNC(=O)c1cccc(C2(C)NC(=O)NC2=O)c1)C(=O)O. The number of benzene rings is 1. The summed E-state index contributed by atoms with van der Waals surface area (Å²) in [5.74, 6) is -2.36. The Morgan fingerprint density at radius 3 is 2.50 bits per heavy atom. The van der Waals surface area contributed by atoms with Gasteiger partial charge in [-0.1, -0.05) is 26.0 Å². The molecule has 1 aromatic rings. The summed E-state index contributed by atoms with van der Waals surface area (Å²) in [6, 6.07) is 5.73. The molecule has 4 amide bonds. The van der Waals surface area contributed by atoms with Crippen LogP contribution in [0.15, 0.2) is 24.3 Å². The summed E-state index contributed by atoms with van der Waals surface area (Å²) < 4.78 is 0. The van der Waals surface area contributed by atoms with Crippen LogP contribution in [0.4, 0.5) is 4.79 Å². The van der Waals surface area contributed by atoms with Gasteiger partial charge in [0.05, 0.1) is 5.92 Å². The van der Waals surface area contributed by atoms with E-state index in [-0.39, 0.29) is 18.0 Å². The van der Waals surface area contributed by atoms with Gasteiger partial charge in [0, 0.05) is 12.1 Å². The van der Waals surface area contributed by atoms with Gasteiger partial charge in [-0.25, -0.2) is 4.79 Å². The number of carbonyl (C=O) groups is 4. The molecule has 1 aliphatic rings. The van der Waals surface area contributed by atoms with Gasteiger partial charge in [-0.05, 0) is 37.0 Å². The molecule has 140 valence electrons.